The van der Waals surface area contributed by atoms with Crippen molar-refractivity contribution in [2.75, 3.05) is 0 Å². The number of hydrogen-bond acceptors (Lipinski definition) is 2. The van der Waals surface area contributed by atoms with E-state index in [0.29, 0.717) is 6.42 Å². The average molecular weight is 265 g/mol. The summed E-state index contributed by atoms with van der Waals surface area (Å²) in [6, 6.07) is 0.220. The van der Waals surface area contributed by atoms with Crippen LogP contribution in [0.2, 0.25) is 0 Å². The summed E-state index contributed by atoms with van der Waals surface area (Å²) in [6.45, 7) is 0. The van der Waals surface area contributed by atoms with Gasteiger partial charge in [-0.05, 0) is 31.1 Å². The molecule has 4 nitrogen and oxygen atoms in total. The largest absolute Gasteiger partial charge is 0.481 e. The molecule has 0 heterocycles. The summed E-state index contributed by atoms with van der Waals surface area (Å²) in [5.41, 5.74) is -0.305. The van der Waals surface area contributed by atoms with E-state index in [1.807, 2.05) is 0 Å². The Kier molecular flexibility index (Phi) is 4.61. The molecule has 0 radical (unpaired) electrons. The Bertz CT molecular complexity index is 362. The van der Waals surface area contributed by atoms with E-state index in [9.17, 15) is 9.59 Å². The zero-order valence-electron chi connectivity index (χ0n) is 11.4. The molecule has 0 saturated heterocycles. The van der Waals surface area contributed by atoms with Crippen LogP contribution in [0.4, 0.5) is 0 Å². The number of carbonyl (C=O) groups excluding carboxylic acids is 1. The third kappa shape index (κ3) is 4.08. The van der Waals surface area contributed by atoms with Crippen molar-refractivity contribution in [3.8, 4) is 0 Å². The van der Waals surface area contributed by atoms with Crippen LogP contribution in [0.15, 0.2) is 12.2 Å². The Labute approximate surface area is 114 Å². The first kappa shape index (κ1) is 14.1. The van der Waals surface area contributed by atoms with Crippen molar-refractivity contribution >= 4 is 11.9 Å². The molecule has 2 aliphatic carbocycles. The zero-order valence-corrected chi connectivity index (χ0v) is 11.4. The standard InChI is InChI=1S/C15H23NO3/c17-13(16-12-6-2-3-7-12)10-15(11-14(18)19)8-4-1-5-9-15/h2-3,12H,1,4-11H2,(H,16,17)(H,18,19). The van der Waals surface area contributed by atoms with Crippen molar-refractivity contribution in [3.63, 3.8) is 0 Å². The first-order chi connectivity index (χ1) is 9.10. The maximum Gasteiger partial charge on any atom is 0.303 e. The second kappa shape index (κ2) is 6.22. The minimum absolute atomic E-state index is 0.0249. The van der Waals surface area contributed by atoms with E-state index in [1.54, 1.807) is 0 Å². The minimum atomic E-state index is -0.780. The van der Waals surface area contributed by atoms with Gasteiger partial charge in [-0.15, -0.1) is 0 Å². The number of carboxylic acid groups (broad SMARTS) is 1. The van der Waals surface area contributed by atoms with Crippen LogP contribution < -0.4 is 5.32 Å². The van der Waals surface area contributed by atoms with Gasteiger partial charge in [0, 0.05) is 12.5 Å². The topological polar surface area (TPSA) is 66.4 Å². The highest BCUT2D eigenvalue weighted by molar-refractivity contribution is 5.78. The summed E-state index contributed by atoms with van der Waals surface area (Å²) in [4.78, 5) is 23.2. The van der Waals surface area contributed by atoms with Gasteiger partial charge in [-0.1, -0.05) is 31.4 Å². The van der Waals surface area contributed by atoms with Gasteiger partial charge >= 0.3 is 5.97 Å². The van der Waals surface area contributed by atoms with Crippen molar-refractivity contribution in [1.82, 2.24) is 5.32 Å². The molecule has 0 aromatic carbocycles. The van der Waals surface area contributed by atoms with E-state index in [2.05, 4.69) is 17.5 Å². The van der Waals surface area contributed by atoms with Crippen LogP contribution in [0.25, 0.3) is 0 Å². The lowest BCUT2D eigenvalue weighted by molar-refractivity contribution is -0.141. The SMILES string of the molecule is O=C(O)CC1(CC(=O)NC2CC=CC2)CCCCC1. The Hall–Kier alpha value is -1.32. The van der Waals surface area contributed by atoms with Gasteiger partial charge in [0.15, 0.2) is 0 Å². The van der Waals surface area contributed by atoms with E-state index in [0.717, 1.165) is 44.9 Å². The summed E-state index contributed by atoms with van der Waals surface area (Å²) in [6.07, 6.45) is 11.5. The molecule has 0 unspecified atom stereocenters. The van der Waals surface area contributed by atoms with Gasteiger partial charge in [-0.25, -0.2) is 0 Å². The summed E-state index contributed by atoms with van der Waals surface area (Å²) in [7, 11) is 0. The lowest BCUT2D eigenvalue weighted by Gasteiger charge is -2.35. The van der Waals surface area contributed by atoms with Crippen LogP contribution in [0.5, 0.6) is 0 Å². The van der Waals surface area contributed by atoms with E-state index in [4.69, 9.17) is 5.11 Å². The smallest absolute Gasteiger partial charge is 0.303 e. The van der Waals surface area contributed by atoms with Gasteiger partial charge in [-0.3, -0.25) is 9.59 Å². The van der Waals surface area contributed by atoms with Crippen molar-refractivity contribution in [1.29, 1.82) is 0 Å². The molecule has 2 rings (SSSR count). The molecule has 1 amide bonds. The van der Waals surface area contributed by atoms with E-state index in [1.165, 1.54) is 0 Å². The second-order valence-electron chi connectivity index (χ2n) is 6.02. The van der Waals surface area contributed by atoms with Crippen LogP contribution in [0.3, 0.4) is 0 Å². The van der Waals surface area contributed by atoms with Crippen molar-refractivity contribution in [3.05, 3.63) is 12.2 Å². The molecule has 0 bridgehead atoms. The van der Waals surface area contributed by atoms with Gasteiger partial charge in [0.25, 0.3) is 0 Å². The summed E-state index contributed by atoms with van der Waals surface area (Å²) >= 11 is 0. The fraction of sp³-hybridized carbons (Fsp3) is 0.733. The molecule has 19 heavy (non-hydrogen) atoms. The predicted molar refractivity (Wildman–Crippen MR) is 72.7 cm³/mol. The number of carbonyl (C=O) groups is 2. The molecule has 1 fully saturated rings. The molecule has 0 aromatic rings. The van der Waals surface area contributed by atoms with Crippen LogP contribution in [0.1, 0.15) is 57.8 Å². The Morgan fingerprint density at radius 2 is 1.74 bits per heavy atom. The van der Waals surface area contributed by atoms with Gasteiger partial charge in [0.05, 0.1) is 6.42 Å². The zero-order chi connectivity index (χ0) is 13.7. The second-order valence-corrected chi connectivity index (χ2v) is 6.02. The molecule has 0 aliphatic heterocycles. The third-order valence-corrected chi connectivity index (χ3v) is 4.35. The molecule has 1 saturated carbocycles. The van der Waals surface area contributed by atoms with Crippen LogP contribution >= 0.6 is 0 Å². The van der Waals surface area contributed by atoms with E-state index >= 15 is 0 Å². The van der Waals surface area contributed by atoms with Gasteiger partial charge in [0.1, 0.15) is 0 Å². The molecule has 0 atom stereocenters. The molecular weight excluding hydrogens is 242 g/mol. The molecule has 0 spiro atoms. The highest BCUT2D eigenvalue weighted by Crippen LogP contribution is 2.42. The van der Waals surface area contributed by atoms with Crippen molar-refractivity contribution in [2.45, 2.75) is 63.8 Å². The Morgan fingerprint density at radius 1 is 1.11 bits per heavy atom. The van der Waals surface area contributed by atoms with Crippen molar-refractivity contribution in [2.24, 2.45) is 5.41 Å². The monoisotopic (exact) mass is 265 g/mol. The normalized spacial score (nSPS) is 22.3. The number of carboxylic acids is 1. The summed E-state index contributed by atoms with van der Waals surface area (Å²) in [5, 5.41) is 12.1. The number of rotatable bonds is 5. The molecule has 4 heteroatoms. The highest BCUT2D eigenvalue weighted by Gasteiger charge is 2.36. The van der Waals surface area contributed by atoms with Crippen LogP contribution in [-0.2, 0) is 9.59 Å². The molecule has 2 N–H and O–H groups in total. The lowest BCUT2D eigenvalue weighted by Crippen LogP contribution is -2.38. The van der Waals surface area contributed by atoms with Crippen LogP contribution in [0, 0.1) is 5.41 Å². The average Bonchev–Trinajstić information content (AvgIpc) is 2.81. The lowest BCUT2D eigenvalue weighted by atomic mass is 9.69. The fourth-order valence-corrected chi connectivity index (χ4v) is 3.39. The Balaban J connectivity index is 1.90. The summed E-state index contributed by atoms with van der Waals surface area (Å²) < 4.78 is 0. The van der Waals surface area contributed by atoms with E-state index in [-0.39, 0.29) is 23.8 Å². The highest BCUT2D eigenvalue weighted by atomic mass is 16.4. The number of hydrogen-bond donors (Lipinski definition) is 2. The maximum atomic E-state index is 12.1. The summed E-state index contributed by atoms with van der Waals surface area (Å²) in [5.74, 6) is -0.755. The Morgan fingerprint density at radius 3 is 2.32 bits per heavy atom. The minimum Gasteiger partial charge on any atom is -0.481 e. The molecule has 0 aromatic heterocycles. The molecule has 2 aliphatic rings. The maximum absolute atomic E-state index is 12.1. The number of aliphatic carboxylic acids is 1. The molecule has 106 valence electrons. The van der Waals surface area contributed by atoms with Crippen molar-refractivity contribution < 1.29 is 14.7 Å². The predicted octanol–water partition coefficient (Wildman–Crippen LogP) is 2.64. The first-order valence-corrected chi connectivity index (χ1v) is 7.26. The third-order valence-electron chi connectivity index (χ3n) is 4.35. The van der Waals surface area contributed by atoms with Gasteiger partial charge in [0.2, 0.25) is 5.91 Å². The number of amides is 1. The van der Waals surface area contributed by atoms with Gasteiger partial charge in [-0.2, -0.15) is 0 Å². The van der Waals surface area contributed by atoms with E-state index < -0.39 is 5.97 Å². The molecular formula is C15H23NO3. The van der Waals surface area contributed by atoms with Crippen LogP contribution in [-0.4, -0.2) is 23.0 Å². The number of nitrogens with one attached hydrogen (secondary N) is 1. The fourth-order valence-electron chi connectivity index (χ4n) is 3.39. The first-order valence-electron chi connectivity index (χ1n) is 7.26. The van der Waals surface area contributed by atoms with Gasteiger partial charge < -0.3 is 10.4 Å². The quantitative estimate of drug-likeness (QED) is 0.751.